The number of aliphatic hydroxyl groups excluding tert-OH is 1. The standard InChI is InChI=1S/C21H22ClNO6/c1-12(2)28-10-8-23-18(16-5-4-9-29-16)17(20(25)21(23)26)19(24)13-6-7-15(27-3)14(22)11-13/h4-7,9,11-12,18,24H,8,10H2,1-3H3/b19-17-. The third kappa shape index (κ3) is 4.16. The van der Waals surface area contributed by atoms with Gasteiger partial charge in [0.25, 0.3) is 11.7 Å². The van der Waals surface area contributed by atoms with Crippen LogP contribution in [0.1, 0.15) is 31.2 Å². The minimum atomic E-state index is -0.860. The third-order valence-corrected chi connectivity index (χ3v) is 4.86. The average molecular weight is 420 g/mol. The van der Waals surface area contributed by atoms with E-state index in [1.807, 2.05) is 13.8 Å². The molecule has 0 spiro atoms. The molecule has 2 aromatic rings. The lowest BCUT2D eigenvalue weighted by Crippen LogP contribution is -2.33. The number of hydrogen-bond acceptors (Lipinski definition) is 6. The summed E-state index contributed by atoms with van der Waals surface area (Å²) in [6.45, 7) is 4.18. The van der Waals surface area contributed by atoms with Crippen molar-refractivity contribution in [2.24, 2.45) is 0 Å². The summed E-state index contributed by atoms with van der Waals surface area (Å²) in [4.78, 5) is 26.8. The molecule has 29 heavy (non-hydrogen) atoms. The lowest BCUT2D eigenvalue weighted by atomic mass is 9.99. The van der Waals surface area contributed by atoms with Gasteiger partial charge in [-0.3, -0.25) is 9.59 Å². The molecule has 1 fully saturated rings. The molecule has 0 bridgehead atoms. The number of methoxy groups -OCH3 is 1. The van der Waals surface area contributed by atoms with Crippen molar-refractivity contribution in [3.63, 3.8) is 0 Å². The van der Waals surface area contributed by atoms with Crippen molar-refractivity contribution in [2.75, 3.05) is 20.3 Å². The maximum Gasteiger partial charge on any atom is 0.295 e. The molecule has 1 aromatic carbocycles. The van der Waals surface area contributed by atoms with Gasteiger partial charge in [0.1, 0.15) is 23.3 Å². The van der Waals surface area contributed by atoms with Crippen LogP contribution in [0, 0.1) is 0 Å². The van der Waals surface area contributed by atoms with Gasteiger partial charge in [0.05, 0.1) is 36.7 Å². The van der Waals surface area contributed by atoms with Crippen molar-refractivity contribution in [3.8, 4) is 5.75 Å². The average Bonchev–Trinajstić information content (AvgIpc) is 3.29. The van der Waals surface area contributed by atoms with Crippen molar-refractivity contribution < 1.29 is 28.6 Å². The molecule has 1 atom stereocenters. The molecule has 7 nitrogen and oxygen atoms in total. The summed E-state index contributed by atoms with van der Waals surface area (Å²) in [6, 6.07) is 7.07. The molecule has 154 valence electrons. The number of carbonyl (C=O) groups is 2. The number of ketones is 1. The van der Waals surface area contributed by atoms with E-state index < -0.39 is 17.7 Å². The quantitative estimate of drug-likeness (QED) is 0.417. The van der Waals surface area contributed by atoms with Crippen molar-refractivity contribution in [1.29, 1.82) is 0 Å². The van der Waals surface area contributed by atoms with Crippen LogP contribution in [0.4, 0.5) is 0 Å². The highest BCUT2D eigenvalue weighted by atomic mass is 35.5. The van der Waals surface area contributed by atoms with Crippen LogP contribution in [-0.4, -0.2) is 48.1 Å². The Morgan fingerprint density at radius 3 is 2.66 bits per heavy atom. The lowest BCUT2D eigenvalue weighted by Gasteiger charge is -2.23. The summed E-state index contributed by atoms with van der Waals surface area (Å²) >= 11 is 6.15. The van der Waals surface area contributed by atoms with Crippen LogP contribution in [0.3, 0.4) is 0 Å². The summed E-state index contributed by atoms with van der Waals surface area (Å²) in [5.41, 5.74) is 0.236. The molecule has 1 aliphatic heterocycles. The van der Waals surface area contributed by atoms with E-state index in [2.05, 4.69) is 0 Å². The first-order chi connectivity index (χ1) is 13.8. The number of halogens is 1. The Bertz CT molecular complexity index is 935. The van der Waals surface area contributed by atoms with Gasteiger partial charge in [-0.25, -0.2) is 0 Å². The van der Waals surface area contributed by atoms with Gasteiger partial charge < -0.3 is 23.9 Å². The Labute approximate surface area is 173 Å². The van der Waals surface area contributed by atoms with Gasteiger partial charge in [-0.05, 0) is 44.2 Å². The van der Waals surface area contributed by atoms with E-state index in [4.69, 9.17) is 25.5 Å². The van der Waals surface area contributed by atoms with Gasteiger partial charge in [0, 0.05) is 12.1 Å². The Morgan fingerprint density at radius 1 is 1.31 bits per heavy atom. The fraction of sp³-hybridized carbons (Fsp3) is 0.333. The maximum absolute atomic E-state index is 12.8. The lowest BCUT2D eigenvalue weighted by molar-refractivity contribution is -0.140. The highest BCUT2D eigenvalue weighted by Gasteiger charge is 2.47. The number of furan rings is 1. The second-order valence-electron chi connectivity index (χ2n) is 6.78. The number of nitrogens with zero attached hydrogens (tertiary/aromatic N) is 1. The Hall–Kier alpha value is -2.77. The van der Waals surface area contributed by atoms with E-state index in [1.165, 1.54) is 24.3 Å². The SMILES string of the molecule is COc1ccc(/C(O)=C2/C(=O)C(=O)N(CCOC(C)C)C2c2ccco2)cc1Cl. The Kier molecular flexibility index (Phi) is 6.30. The number of amides is 1. The van der Waals surface area contributed by atoms with Gasteiger partial charge in [-0.15, -0.1) is 0 Å². The van der Waals surface area contributed by atoms with Crippen molar-refractivity contribution in [2.45, 2.75) is 26.0 Å². The number of aliphatic hydroxyl groups is 1. The van der Waals surface area contributed by atoms with Gasteiger partial charge in [-0.1, -0.05) is 11.6 Å². The van der Waals surface area contributed by atoms with E-state index >= 15 is 0 Å². The number of rotatable bonds is 7. The molecule has 8 heteroatoms. The van der Waals surface area contributed by atoms with E-state index in [0.29, 0.717) is 17.1 Å². The van der Waals surface area contributed by atoms with Crippen LogP contribution in [0.25, 0.3) is 5.76 Å². The summed E-state index contributed by atoms with van der Waals surface area (Å²) in [5, 5.41) is 11.2. The predicted molar refractivity (Wildman–Crippen MR) is 107 cm³/mol. The van der Waals surface area contributed by atoms with Gasteiger partial charge >= 0.3 is 0 Å². The zero-order valence-corrected chi connectivity index (χ0v) is 17.1. The third-order valence-electron chi connectivity index (χ3n) is 4.56. The molecule has 0 aliphatic carbocycles. The largest absolute Gasteiger partial charge is 0.507 e. The first kappa shape index (κ1) is 21.0. The first-order valence-electron chi connectivity index (χ1n) is 9.12. The topological polar surface area (TPSA) is 89.2 Å². The van der Waals surface area contributed by atoms with Crippen LogP contribution in [-0.2, 0) is 14.3 Å². The first-order valence-corrected chi connectivity index (χ1v) is 9.50. The van der Waals surface area contributed by atoms with E-state index in [1.54, 1.807) is 24.3 Å². The minimum Gasteiger partial charge on any atom is -0.507 e. The van der Waals surface area contributed by atoms with Crippen LogP contribution in [0.15, 0.2) is 46.6 Å². The van der Waals surface area contributed by atoms with Crippen LogP contribution < -0.4 is 4.74 Å². The van der Waals surface area contributed by atoms with E-state index in [-0.39, 0.29) is 35.6 Å². The molecule has 1 unspecified atom stereocenters. The highest BCUT2D eigenvalue weighted by Crippen LogP contribution is 2.40. The number of likely N-dealkylation sites (tertiary alicyclic amines) is 1. The maximum atomic E-state index is 12.8. The predicted octanol–water partition coefficient (Wildman–Crippen LogP) is 3.79. The number of hydrogen-bond donors (Lipinski definition) is 1. The monoisotopic (exact) mass is 419 g/mol. The van der Waals surface area contributed by atoms with Crippen molar-refractivity contribution >= 4 is 29.1 Å². The van der Waals surface area contributed by atoms with Crippen molar-refractivity contribution in [1.82, 2.24) is 4.90 Å². The molecular weight excluding hydrogens is 398 g/mol. The molecule has 1 N–H and O–H groups in total. The molecular formula is C21H22ClNO6. The molecule has 3 rings (SSSR count). The fourth-order valence-electron chi connectivity index (χ4n) is 3.21. The molecule has 1 aliphatic rings. The fourth-order valence-corrected chi connectivity index (χ4v) is 3.47. The summed E-state index contributed by atoms with van der Waals surface area (Å²) in [5.74, 6) is -1.05. The molecule has 1 aromatic heterocycles. The number of benzene rings is 1. The van der Waals surface area contributed by atoms with Gasteiger partial charge in [-0.2, -0.15) is 0 Å². The Balaban J connectivity index is 2.05. The zero-order valence-electron chi connectivity index (χ0n) is 16.3. The Morgan fingerprint density at radius 2 is 2.07 bits per heavy atom. The minimum absolute atomic E-state index is 0.0182. The second-order valence-corrected chi connectivity index (χ2v) is 7.18. The summed E-state index contributed by atoms with van der Waals surface area (Å²) in [7, 11) is 1.47. The van der Waals surface area contributed by atoms with E-state index in [0.717, 1.165) is 0 Å². The highest BCUT2D eigenvalue weighted by molar-refractivity contribution is 6.46. The summed E-state index contributed by atoms with van der Waals surface area (Å²) in [6.07, 6.45) is 1.43. The van der Waals surface area contributed by atoms with Crippen LogP contribution in [0.2, 0.25) is 5.02 Å². The molecule has 0 saturated carbocycles. The van der Waals surface area contributed by atoms with Crippen LogP contribution in [0.5, 0.6) is 5.75 Å². The smallest absolute Gasteiger partial charge is 0.295 e. The molecule has 1 saturated heterocycles. The normalized spacial score (nSPS) is 18.7. The second kappa shape index (κ2) is 8.71. The van der Waals surface area contributed by atoms with Gasteiger partial charge in [0.15, 0.2) is 0 Å². The molecule has 0 radical (unpaired) electrons. The molecule has 2 heterocycles. The summed E-state index contributed by atoms with van der Waals surface area (Å²) < 4.78 is 16.1. The molecule has 1 amide bonds. The van der Waals surface area contributed by atoms with Crippen LogP contribution >= 0.6 is 11.6 Å². The number of ether oxygens (including phenoxy) is 2. The van der Waals surface area contributed by atoms with Gasteiger partial charge in [0.2, 0.25) is 0 Å². The van der Waals surface area contributed by atoms with Crippen molar-refractivity contribution in [3.05, 3.63) is 58.5 Å². The zero-order chi connectivity index (χ0) is 21.1. The number of carbonyl (C=O) groups excluding carboxylic acids is 2. The van der Waals surface area contributed by atoms with E-state index in [9.17, 15) is 14.7 Å². The number of Topliss-reactive ketones (excluding diaryl/α,β-unsaturated/α-hetero) is 1.